The summed E-state index contributed by atoms with van der Waals surface area (Å²) in [6.07, 6.45) is 3.63. The van der Waals surface area contributed by atoms with Gasteiger partial charge in [0.15, 0.2) is 9.84 Å². The Balaban J connectivity index is 1.82. The molecule has 2 aromatic rings. The molecule has 1 aromatic heterocycles. The highest BCUT2D eigenvalue weighted by Gasteiger charge is 2.29. The zero-order valence-electron chi connectivity index (χ0n) is 23.9. The molecule has 39 heavy (non-hydrogen) atoms. The topological polar surface area (TPSA) is 124 Å². The van der Waals surface area contributed by atoms with E-state index in [1.807, 2.05) is 34.6 Å². The van der Waals surface area contributed by atoms with Crippen LogP contribution in [0.4, 0.5) is 15.3 Å². The molecule has 0 saturated heterocycles. The summed E-state index contributed by atoms with van der Waals surface area (Å²) < 4.78 is 37.5. The number of alkyl carbamates (subject to hydrolysis) is 1. The largest absolute Gasteiger partial charge is 0.447 e. The number of rotatable bonds is 8. The van der Waals surface area contributed by atoms with Crippen molar-refractivity contribution in [3.05, 3.63) is 29.4 Å². The van der Waals surface area contributed by atoms with Crippen molar-refractivity contribution in [2.45, 2.75) is 103 Å². The first-order chi connectivity index (χ1) is 18.1. The molecule has 9 nitrogen and oxygen atoms in total. The lowest BCUT2D eigenvalue weighted by molar-refractivity contribution is 0.109. The molecule has 0 atom stereocenters. The van der Waals surface area contributed by atoms with Crippen LogP contribution in [0.1, 0.15) is 85.1 Å². The number of sulfone groups is 1. The van der Waals surface area contributed by atoms with Crippen molar-refractivity contribution in [1.29, 1.82) is 0 Å². The molecule has 1 aliphatic rings. The fourth-order valence-corrected chi connectivity index (χ4v) is 7.88. The average molecular weight is 580 g/mol. The first-order valence-corrected chi connectivity index (χ1v) is 15.9. The van der Waals surface area contributed by atoms with Gasteiger partial charge in [-0.15, -0.1) is 11.3 Å². The van der Waals surface area contributed by atoms with Gasteiger partial charge in [0.25, 0.3) is 0 Å². The maximum Gasteiger partial charge on any atom is 0.411 e. The van der Waals surface area contributed by atoms with Crippen LogP contribution in [0.3, 0.4) is 0 Å². The van der Waals surface area contributed by atoms with Crippen molar-refractivity contribution in [3.8, 4) is 10.4 Å². The molecule has 0 radical (unpaired) electrons. The zero-order chi connectivity index (χ0) is 29.0. The van der Waals surface area contributed by atoms with Crippen LogP contribution in [0.15, 0.2) is 29.3 Å². The van der Waals surface area contributed by atoms with Crippen molar-refractivity contribution in [1.82, 2.24) is 10.3 Å². The lowest BCUT2D eigenvalue weighted by Crippen LogP contribution is -2.38. The zero-order valence-corrected chi connectivity index (χ0v) is 25.5. The summed E-state index contributed by atoms with van der Waals surface area (Å²) in [6, 6.07) is 4.98. The average Bonchev–Trinajstić information content (AvgIpc) is 3.27. The first-order valence-electron chi connectivity index (χ1n) is 13.4. The van der Waals surface area contributed by atoms with Crippen LogP contribution in [0.2, 0.25) is 0 Å². The monoisotopic (exact) mass is 579 g/mol. The Labute approximate surface area is 236 Å². The second-order valence-electron chi connectivity index (χ2n) is 11.8. The highest BCUT2D eigenvalue weighted by molar-refractivity contribution is 7.91. The second kappa shape index (κ2) is 12.7. The van der Waals surface area contributed by atoms with Gasteiger partial charge in [0.1, 0.15) is 0 Å². The quantitative estimate of drug-likeness (QED) is 0.355. The third kappa shape index (κ3) is 9.20. The van der Waals surface area contributed by atoms with Gasteiger partial charge in [-0.05, 0) is 70.9 Å². The SMILES string of the molecule is CC(C)OC(=O)Nc1ccc(-c2cnc([C@H]3CC[C@H](NC(=O)OC(C)C)CC3)s2)c(S(=O)(=O)CC(C)(C)C)c1. The minimum absolute atomic E-state index is 0.0468. The second-order valence-corrected chi connectivity index (χ2v) is 14.8. The Morgan fingerprint density at radius 1 is 1.03 bits per heavy atom. The van der Waals surface area contributed by atoms with Crippen LogP contribution < -0.4 is 10.6 Å². The number of anilines is 1. The van der Waals surface area contributed by atoms with E-state index in [0.29, 0.717) is 11.3 Å². The normalized spacial score (nSPS) is 18.2. The molecule has 11 heteroatoms. The van der Waals surface area contributed by atoms with E-state index in [9.17, 15) is 18.0 Å². The number of benzene rings is 1. The van der Waals surface area contributed by atoms with Gasteiger partial charge < -0.3 is 14.8 Å². The number of nitrogens with zero attached hydrogens (tertiary/aromatic N) is 1. The lowest BCUT2D eigenvalue weighted by atomic mass is 9.86. The molecule has 0 spiro atoms. The molecule has 216 valence electrons. The molecule has 0 unspecified atom stereocenters. The van der Waals surface area contributed by atoms with Gasteiger partial charge in [-0.25, -0.2) is 23.0 Å². The van der Waals surface area contributed by atoms with E-state index in [4.69, 9.17) is 9.47 Å². The summed E-state index contributed by atoms with van der Waals surface area (Å²) in [5, 5.41) is 6.53. The smallest absolute Gasteiger partial charge is 0.411 e. The molecule has 1 fully saturated rings. The van der Waals surface area contributed by atoms with Crippen molar-refractivity contribution >= 4 is 39.0 Å². The van der Waals surface area contributed by atoms with E-state index in [1.54, 1.807) is 32.2 Å². The fraction of sp³-hybridized carbons (Fsp3) is 0.607. The summed E-state index contributed by atoms with van der Waals surface area (Å²) >= 11 is 1.49. The third-order valence-corrected chi connectivity index (χ3v) is 9.51. The van der Waals surface area contributed by atoms with E-state index in [0.717, 1.165) is 35.6 Å². The summed E-state index contributed by atoms with van der Waals surface area (Å²) in [5.41, 5.74) is 0.462. The van der Waals surface area contributed by atoms with Gasteiger partial charge in [-0.3, -0.25) is 5.32 Å². The Kier molecular flexibility index (Phi) is 10.0. The first kappa shape index (κ1) is 30.9. The maximum atomic E-state index is 13.6. The van der Waals surface area contributed by atoms with Gasteiger partial charge in [0.2, 0.25) is 0 Å². The maximum absolute atomic E-state index is 13.6. The Morgan fingerprint density at radius 3 is 2.23 bits per heavy atom. The molecule has 1 heterocycles. The van der Waals surface area contributed by atoms with Crippen molar-refractivity contribution in [3.63, 3.8) is 0 Å². The van der Waals surface area contributed by atoms with Gasteiger partial charge in [0.05, 0.1) is 32.7 Å². The third-order valence-electron chi connectivity index (χ3n) is 6.06. The van der Waals surface area contributed by atoms with Crippen LogP contribution in [0, 0.1) is 5.41 Å². The van der Waals surface area contributed by atoms with Crippen molar-refractivity contribution in [2.75, 3.05) is 11.1 Å². The van der Waals surface area contributed by atoms with Crippen LogP contribution in [0.25, 0.3) is 10.4 Å². The molecule has 0 bridgehead atoms. The van der Waals surface area contributed by atoms with E-state index in [1.165, 1.54) is 17.4 Å². The van der Waals surface area contributed by atoms with Crippen LogP contribution in [-0.2, 0) is 19.3 Å². The Bertz CT molecular complexity index is 1260. The number of hydrogen-bond acceptors (Lipinski definition) is 8. The summed E-state index contributed by atoms with van der Waals surface area (Å²) in [7, 11) is -3.69. The number of carbonyl (C=O) groups is 2. The number of hydrogen-bond donors (Lipinski definition) is 2. The number of amides is 2. The van der Waals surface area contributed by atoms with Crippen LogP contribution >= 0.6 is 11.3 Å². The summed E-state index contributed by atoms with van der Waals surface area (Å²) in [6.45, 7) is 12.8. The standard InChI is InChI=1S/C28H41N3O6S2/c1-17(2)36-26(32)30-20-10-8-19(9-11-20)25-29-15-23(38-25)22-13-12-21(31-27(33)37-18(3)4)14-24(22)39(34,35)16-28(5,6)7/h12-15,17-20H,8-11,16H2,1-7H3,(H,30,32)(H,31,33)/t19-,20-. The molecule has 0 aliphatic heterocycles. The number of thiazole rings is 1. The van der Waals surface area contributed by atoms with Gasteiger partial charge in [0, 0.05) is 29.4 Å². The number of carbonyl (C=O) groups excluding carboxylic acids is 2. The van der Waals surface area contributed by atoms with Gasteiger partial charge >= 0.3 is 12.2 Å². The van der Waals surface area contributed by atoms with Crippen molar-refractivity contribution < 1.29 is 27.5 Å². The Morgan fingerprint density at radius 2 is 1.64 bits per heavy atom. The molecule has 3 rings (SSSR count). The molecule has 1 aromatic carbocycles. The summed E-state index contributed by atoms with van der Waals surface area (Å²) in [4.78, 5) is 29.7. The van der Waals surface area contributed by atoms with E-state index in [2.05, 4.69) is 15.6 Å². The molecular formula is C28H41N3O6S2. The van der Waals surface area contributed by atoms with Crippen LogP contribution in [-0.4, -0.2) is 49.6 Å². The van der Waals surface area contributed by atoms with Crippen molar-refractivity contribution in [2.24, 2.45) is 5.41 Å². The summed E-state index contributed by atoms with van der Waals surface area (Å²) in [5.74, 6) is 0.193. The number of ether oxygens (including phenoxy) is 2. The molecule has 1 saturated carbocycles. The molecule has 2 N–H and O–H groups in total. The van der Waals surface area contributed by atoms with E-state index in [-0.39, 0.29) is 40.9 Å². The van der Waals surface area contributed by atoms with Gasteiger partial charge in [-0.1, -0.05) is 26.8 Å². The molecule has 1 aliphatic carbocycles. The fourth-order valence-electron chi connectivity index (χ4n) is 4.57. The minimum atomic E-state index is -3.69. The van der Waals surface area contributed by atoms with Gasteiger partial charge in [-0.2, -0.15) is 0 Å². The van der Waals surface area contributed by atoms with E-state index >= 15 is 0 Å². The minimum Gasteiger partial charge on any atom is -0.447 e. The predicted octanol–water partition coefficient (Wildman–Crippen LogP) is 6.75. The highest BCUT2D eigenvalue weighted by Crippen LogP contribution is 2.40. The van der Waals surface area contributed by atoms with Crippen LogP contribution in [0.5, 0.6) is 0 Å². The number of aromatic nitrogens is 1. The molecule has 2 amide bonds. The highest BCUT2D eigenvalue weighted by atomic mass is 32.2. The number of nitrogens with one attached hydrogen (secondary N) is 2. The molecular weight excluding hydrogens is 538 g/mol. The van der Waals surface area contributed by atoms with E-state index < -0.39 is 21.3 Å². The Hall–Kier alpha value is -2.66. The lowest BCUT2D eigenvalue weighted by Gasteiger charge is -2.28. The predicted molar refractivity (Wildman–Crippen MR) is 154 cm³/mol.